The van der Waals surface area contributed by atoms with Gasteiger partial charge in [-0.15, -0.1) is 0 Å². The maximum absolute atomic E-state index is 14.1. The first-order valence-electron chi connectivity index (χ1n) is 24.2. The van der Waals surface area contributed by atoms with Crippen molar-refractivity contribution in [3.63, 3.8) is 0 Å². The number of benzene rings is 1. The summed E-state index contributed by atoms with van der Waals surface area (Å²) in [5, 5.41) is 13.0. The number of nitrogens with one attached hydrogen (secondary N) is 4. The van der Waals surface area contributed by atoms with Crippen LogP contribution in [-0.4, -0.2) is 130 Å². The van der Waals surface area contributed by atoms with E-state index in [1.54, 1.807) is 0 Å². The molecule has 4 atom stereocenters. The summed E-state index contributed by atoms with van der Waals surface area (Å²) in [6.45, 7) is 13.7. The highest BCUT2D eigenvalue weighted by Crippen LogP contribution is 2.46. The average molecular weight is 912 g/mol. The Labute approximate surface area is 382 Å². The highest BCUT2D eigenvalue weighted by molar-refractivity contribution is 5.93. The van der Waals surface area contributed by atoms with Gasteiger partial charge in [-0.3, -0.25) is 14.4 Å². The molecule has 3 aliphatic carbocycles. The predicted molar refractivity (Wildman–Crippen MR) is 243 cm³/mol. The van der Waals surface area contributed by atoms with E-state index in [0.717, 1.165) is 89.6 Å². The number of alkyl carbamates (subject to hydrolysis) is 1. The third-order valence-electron chi connectivity index (χ3n) is 15.3. The molecule has 65 heavy (non-hydrogen) atoms. The molecule has 14 nitrogen and oxygen atoms in total. The Balaban J connectivity index is 0.879. The molecule has 2 aliphatic heterocycles. The van der Waals surface area contributed by atoms with E-state index in [1.807, 2.05) is 25.7 Å². The standard InChI is InChI=1S/C48H72F3N9O5/c1-30(2)58(6)35-12-14-40(60-23-17-38(44(60)63)56-41-36-27-33(48(49,50)51)9-13-37(36)53-29-54-41)39(28-35)57-43(62)31-7-10-34(11-8-31)55-42(61)32-15-18-47(19-16-32)20-24-59(25-21-47)26-22-52-45(64)65-46(3,4)5/h9,13,27,29-32,34-35,38-40H,7-8,10-12,14-26,28H2,1-6H3,(H,52,64)(H,55,61)(H,57,62)(H,53,54,56)/t31-,34+,35-,38+,39-,40+/m1/s1. The minimum absolute atomic E-state index is 0.00481. The molecule has 1 spiro atoms. The van der Waals surface area contributed by atoms with Crippen LogP contribution in [0.2, 0.25) is 0 Å². The molecule has 2 aromatic rings. The zero-order chi connectivity index (χ0) is 46.7. The van der Waals surface area contributed by atoms with Crippen molar-refractivity contribution in [2.75, 3.05) is 45.1 Å². The smallest absolute Gasteiger partial charge is 0.416 e. The molecule has 3 heterocycles. The number of aromatic nitrogens is 2. The number of hydrogen-bond donors (Lipinski definition) is 4. The van der Waals surface area contributed by atoms with Crippen LogP contribution in [0.1, 0.15) is 130 Å². The number of nitrogens with zero attached hydrogens (tertiary/aromatic N) is 5. The molecule has 4 N–H and O–H groups in total. The van der Waals surface area contributed by atoms with Gasteiger partial charge in [0.05, 0.1) is 23.2 Å². The van der Waals surface area contributed by atoms with Gasteiger partial charge >= 0.3 is 12.3 Å². The van der Waals surface area contributed by atoms with Crippen molar-refractivity contribution in [3.05, 3.63) is 30.1 Å². The highest BCUT2D eigenvalue weighted by atomic mass is 19.4. The maximum Gasteiger partial charge on any atom is 0.416 e. The number of carbonyl (C=O) groups is 4. The molecule has 5 fully saturated rings. The summed E-state index contributed by atoms with van der Waals surface area (Å²) >= 11 is 0. The zero-order valence-corrected chi connectivity index (χ0v) is 39.3. The van der Waals surface area contributed by atoms with E-state index in [4.69, 9.17) is 4.74 Å². The SMILES string of the molecule is CC(C)N(C)[C@@H]1CC[C@H](N2CC[C@H](Nc3ncnc4ccc(C(F)(F)F)cc34)C2=O)[C@H](NC(=O)[C@H]2CC[C@@H](NC(=O)C3CCC4(CC3)CCN(CCNC(=O)OC(C)(C)C)CC4)CC2)C1. The average Bonchev–Trinajstić information content (AvgIpc) is 3.62. The Morgan fingerprint density at radius 1 is 0.877 bits per heavy atom. The molecule has 0 unspecified atom stereocenters. The van der Waals surface area contributed by atoms with Crippen molar-refractivity contribution in [1.29, 1.82) is 0 Å². The van der Waals surface area contributed by atoms with Crippen molar-refractivity contribution < 1.29 is 37.1 Å². The molecule has 4 amide bonds. The van der Waals surface area contributed by atoms with Crippen LogP contribution in [0, 0.1) is 17.3 Å². The van der Waals surface area contributed by atoms with Crippen molar-refractivity contribution in [2.45, 2.75) is 173 Å². The third-order valence-corrected chi connectivity index (χ3v) is 15.3. The molecule has 2 saturated heterocycles. The van der Waals surface area contributed by atoms with E-state index in [9.17, 15) is 32.3 Å². The first kappa shape index (κ1) is 48.7. The van der Waals surface area contributed by atoms with Crippen molar-refractivity contribution in [2.24, 2.45) is 17.3 Å². The van der Waals surface area contributed by atoms with Crippen LogP contribution in [0.4, 0.5) is 23.8 Å². The summed E-state index contributed by atoms with van der Waals surface area (Å²) in [7, 11) is 2.11. The fourth-order valence-electron chi connectivity index (χ4n) is 11.1. The Bertz CT molecular complexity index is 1990. The second-order valence-corrected chi connectivity index (χ2v) is 21.0. The quantitative estimate of drug-likeness (QED) is 0.177. The number of likely N-dealkylation sites (tertiary alicyclic amines) is 2. The van der Waals surface area contributed by atoms with Crippen LogP contribution in [0.3, 0.4) is 0 Å². The fraction of sp³-hybridized carbons (Fsp3) is 0.750. The van der Waals surface area contributed by atoms with E-state index in [0.29, 0.717) is 62.2 Å². The lowest BCUT2D eigenvalue weighted by Gasteiger charge is -2.46. The van der Waals surface area contributed by atoms with Crippen LogP contribution in [-0.2, 0) is 25.3 Å². The Kier molecular flexibility index (Phi) is 15.2. The second kappa shape index (κ2) is 20.3. The number of hydrogen-bond acceptors (Lipinski definition) is 10. The number of ether oxygens (including phenoxy) is 1. The number of halogens is 3. The molecule has 360 valence electrons. The number of anilines is 1. The van der Waals surface area contributed by atoms with Gasteiger partial charge in [-0.2, -0.15) is 13.2 Å². The molecule has 5 aliphatic rings. The van der Waals surface area contributed by atoms with Crippen LogP contribution < -0.4 is 21.3 Å². The largest absolute Gasteiger partial charge is 0.444 e. The summed E-state index contributed by atoms with van der Waals surface area (Å²) in [6, 6.07) is 2.74. The van der Waals surface area contributed by atoms with Gasteiger partial charge in [-0.05, 0) is 168 Å². The van der Waals surface area contributed by atoms with Gasteiger partial charge in [0.1, 0.15) is 23.8 Å². The fourth-order valence-corrected chi connectivity index (χ4v) is 11.1. The molecular weight excluding hydrogens is 840 g/mol. The minimum atomic E-state index is -4.54. The van der Waals surface area contributed by atoms with Gasteiger partial charge < -0.3 is 40.7 Å². The van der Waals surface area contributed by atoms with Gasteiger partial charge in [0.15, 0.2) is 0 Å². The highest BCUT2D eigenvalue weighted by Gasteiger charge is 2.45. The van der Waals surface area contributed by atoms with Gasteiger partial charge in [0, 0.05) is 55.0 Å². The normalized spacial score (nSPS) is 27.0. The van der Waals surface area contributed by atoms with Crippen molar-refractivity contribution in [1.82, 2.24) is 40.6 Å². The predicted octanol–water partition coefficient (Wildman–Crippen LogP) is 6.88. The summed E-state index contributed by atoms with van der Waals surface area (Å²) in [5.41, 5.74) is -0.688. The lowest BCUT2D eigenvalue weighted by molar-refractivity contribution is -0.137. The van der Waals surface area contributed by atoms with Gasteiger partial charge in [-0.25, -0.2) is 14.8 Å². The molecule has 0 radical (unpaired) electrons. The summed E-state index contributed by atoms with van der Waals surface area (Å²) < 4.78 is 46.1. The van der Waals surface area contributed by atoms with E-state index < -0.39 is 23.4 Å². The number of fused-ring (bicyclic) bond motifs is 1. The topological polar surface area (TPSA) is 161 Å². The molecule has 7 rings (SSSR count). The number of amides is 4. The van der Waals surface area contributed by atoms with E-state index in [2.05, 4.69) is 61.9 Å². The summed E-state index contributed by atoms with van der Waals surface area (Å²) in [4.78, 5) is 68.7. The molecule has 1 aromatic carbocycles. The number of piperidine rings is 1. The van der Waals surface area contributed by atoms with Crippen LogP contribution in [0.5, 0.6) is 0 Å². The minimum Gasteiger partial charge on any atom is -0.444 e. The Morgan fingerprint density at radius 2 is 1.55 bits per heavy atom. The number of rotatable bonds is 12. The zero-order valence-electron chi connectivity index (χ0n) is 39.3. The molecule has 3 saturated carbocycles. The summed E-state index contributed by atoms with van der Waals surface area (Å²) in [6.07, 6.45) is 8.08. The van der Waals surface area contributed by atoms with Crippen molar-refractivity contribution >= 4 is 40.5 Å². The number of carbonyl (C=O) groups excluding carboxylic acids is 4. The Hall–Kier alpha value is -4.25. The Morgan fingerprint density at radius 3 is 2.22 bits per heavy atom. The van der Waals surface area contributed by atoms with Crippen LogP contribution >= 0.6 is 0 Å². The van der Waals surface area contributed by atoms with Crippen LogP contribution in [0.25, 0.3) is 10.9 Å². The van der Waals surface area contributed by atoms with Crippen molar-refractivity contribution in [3.8, 4) is 0 Å². The molecule has 17 heteroatoms. The number of alkyl halides is 3. The van der Waals surface area contributed by atoms with Crippen LogP contribution in [0.15, 0.2) is 24.5 Å². The van der Waals surface area contributed by atoms with E-state index in [-0.39, 0.29) is 71.0 Å². The second-order valence-electron chi connectivity index (χ2n) is 21.0. The van der Waals surface area contributed by atoms with Gasteiger partial charge in [-0.1, -0.05) is 0 Å². The maximum atomic E-state index is 14.1. The summed E-state index contributed by atoms with van der Waals surface area (Å²) in [5.74, 6) is 0.00413. The third kappa shape index (κ3) is 12.2. The monoisotopic (exact) mass is 912 g/mol. The van der Waals surface area contributed by atoms with E-state index >= 15 is 0 Å². The lowest BCUT2D eigenvalue weighted by Crippen LogP contribution is -2.59. The lowest BCUT2D eigenvalue weighted by atomic mass is 9.65. The first-order valence-corrected chi connectivity index (χ1v) is 24.2. The van der Waals surface area contributed by atoms with Gasteiger partial charge in [0.25, 0.3) is 0 Å². The molecule has 0 bridgehead atoms. The first-order chi connectivity index (χ1) is 30.8. The van der Waals surface area contributed by atoms with Gasteiger partial charge in [0.2, 0.25) is 17.7 Å². The molecular formula is C48H72F3N9O5. The molecule has 1 aromatic heterocycles. The van der Waals surface area contributed by atoms with E-state index in [1.165, 1.54) is 12.4 Å².